The summed E-state index contributed by atoms with van der Waals surface area (Å²) in [4.78, 5) is 7.10. The minimum Gasteiger partial charge on any atom is -0.456 e. The van der Waals surface area contributed by atoms with Crippen LogP contribution in [0.25, 0.3) is 64.7 Å². The Morgan fingerprint density at radius 3 is 2.02 bits per heavy atom. The zero-order chi connectivity index (χ0) is 27.6. The van der Waals surface area contributed by atoms with E-state index in [9.17, 15) is 0 Å². The number of furan rings is 1. The van der Waals surface area contributed by atoms with Gasteiger partial charge in [0.2, 0.25) is 5.89 Å². The average molecular weight is 559 g/mol. The maximum Gasteiger partial charge on any atom is 0.227 e. The highest BCUT2D eigenvalue weighted by Gasteiger charge is 2.18. The number of hydrogen-bond donors (Lipinski definition) is 0. The van der Waals surface area contributed by atoms with E-state index in [1.54, 1.807) is 11.3 Å². The quantitative estimate of drug-likeness (QED) is 0.215. The molecule has 0 spiro atoms. The summed E-state index contributed by atoms with van der Waals surface area (Å²) in [5, 5.41) is 4.59. The standard InChI is InChI=1S/C37H22N2O2S/c1-3-9-23(10-4-1)37-38-31-22-36-30(21-34(31)41-37)29-20-26(16-18-35(29)42-36)39(24-11-5-2-6-12-24)25-15-17-33-28(19-25)27-13-7-8-14-32(27)40-33/h1-22H. The van der Waals surface area contributed by atoms with Gasteiger partial charge < -0.3 is 13.7 Å². The number of rotatable bonds is 4. The first kappa shape index (κ1) is 23.3. The van der Waals surface area contributed by atoms with Gasteiger partial charge in [-0.05, 0) is 78.9 Å². The lowest BCUT2D eigenvalue weighted by molar-refractivity contribution is 0.620. The minimum atomic E-state index is 0.644. The van der Waals surface area contributed by atoms with Gasteiger partial charge in [0.25, 0.3) is 0 Å². The third-order valence-electron chi connectivity index (χ3n) is 7.87. The van der Waals surface area contributed by atoms with E-state index in [-0.39, 0.29) is 0 Å². The molecule has 0 bridgehead atoms. The first-order valence-corrected chi connectivity index (χ1v) is 14.7. The fraction of sp³-hybridized carbons (Fsp3) is 0. The van der Waals surface area contributed by atoms with Gasteiger partial charge in [-0.1, -0.05) is 54.6 Å². The molecule has 0 N–H and O–H groups in total. The number of benzene rings is 6. The molecule has 0 unspecified atom stereocenters. The monoisotopic (exact) mass is 558 g/mol. The number of fused-ring (bicyclic) bond motifs is 7. The van der Waals surface area contributed by atoms with Gasteiger partial charge in [-0.2, -0.15) is 0 Å². The van der Waals surface area contributed by atoms with E-state index in [4.69, 9.17) is 13.8 Å². The Hall–Kier alpha value is -5.39. The Balaban J connectivity index is 1.23. The summed E-state index contributed by atoms with van der Waals surface area (Å²) in [6.07, 6.45) is 0. The van der Waals surface area contributed by atoms with Crippen LogP contribution in [0, 0.1) is 0 Å². The molecule has 198 valence electrons. The van der Waals surface area contributed by atoms with E-state index in [1.807, 2.05) is 42.5 Å². The highest BCUT2D eigenvalue weighted by Crippen LogP contribution is 2.43. The molecule has 0 aliphatic rings. The molecular weight excluding hydrogens is 536 g/mol. The van der Waals surface area contributed by atoms with Crippen molar-refractivity contribution in [3.63, 3.8) is 0 Å². The molecule has 0 saturated carbocycles. The largest absolute Gasteiger partial charge is 0.456 e. The molecule has 6 aromatic carbocycles. The van der Waals surface area contributed by atoms with E-state index in [0.29, 0.717) is 5.89 Å². The number of hydrogen-bond acceptors (Lipinski definition) is 5. The number of anilines is 3. The van der Waals surface area contributed by atoms with Crippen LogP contribution in [0.2, 0.25) is 0 Å². The summed E-state index contributed by atoms with van der Waals surface area (Å²) in [5.41, 5.74) is 7.68. The molecule has 0 radical (unpaired) electrons. The van der Waals surface area contributed by atoms with Crippen molar-refractivity contribution in [3.05, 3.63) is 133 Å². The highest BCUT2D eigenvalue weighted by atomic mass is 32.1. The number of oxazole rings is 1. The van der Waals surface area contributed by atoms with Crippen LogP contribution in [0.4, 0.5) is 17.1 Å². The normalized spacial score (nSPS) is 11.8. The molecule has 3 aromatic heterocycles. The summed E-state index contributed by atoms with van der Waals surface area (Å²) in [6, 6.07) is 46.2. The van der Waals surface area contributed by atoms with Crippen molar-refractivity contribution >= 4 is 81.6 Å². The van der Waals surface area contributed by atoms with Crippen LogP contribution in [0.3, 0.4) is 0 Å². The lowest BCUT2D eigenvalue weighted by Gasteiger charge is -2.25. The van der Waals surface area contributed by atoms with Crippen molar-refractivity contribution in [3.8, 4) is 11.5 Å². The van der Waals surface area contributed by atoms with Crippen LogP contribution in [0.15, 0.2) is 142 Å². The molecular formula is C37H22N2O2S. The highest BCUT2D eigenvalue weighted by molar-refractivity contribution is 7.25. The van der Waals surface area contributed by atoms with Gasteiger partial charge in [-0.25, -0.2) is 4.98 Å². The summed E-state index contributed by atoms with van der Waals surface area (Å²) in [6.45, 7) is 0. The molecule has 4 nitrogen and oxygen atoms in total. The van der Waals surface area contributed by atoms with Crippen molar-refractivity contribution in [1.29, 1.82) is 0 Å². The number of nitrogens with zero attached hydrogens (tertiary/aromatic N) is 2. The van der Waals surface area contributed by atoms with Gasteiger partial charge in [-0.15, -0.1) is 11.3 Å². The summed E-state index contributed by atoms with van der Waals surface area (Å²) < 4.78 is 14.8. The van der Waals surface area contributed by atoms with Crippen molar-refractivity contribution in [2.45, 2.75) is 0 Å². The predicted octanol–water partition coefficient (Wildman–Crippen LogP) is 11.2. The lowest BCUT2D eigenvalue weighted by Crippen LogP contribution is -2.09. The van der Waals surface area contributed by atoms with Crippen LogP contribution >= 0.6 is 11.3 Å². The third-order valence-corrected chi connectivity index (χ3v) is 9.01. The van der Waals surface area contributed by atoms with Crippen LogP contribution in [-0.4, -0.2) is 4.98 Å². The average Bonchev–Trinajstić information content (AvgIpc) is 3.73. The summed E-state index contributed by atoms with van der Waals surface area (Å²) >= 11 is 1.79. The number of para-hydroxylation sites is 2. The van der Waals surface area contributed by atoms with Gasteiger partial charge in [0.05, 0.1) is 0 Å². The second kappa shape index (κ2) is 9.06. The molecule has 3 heterocycles. The molecule has 0 fully saturated rings. The SMILES string of the molecule is c1ccc(-c2nc3cc4sc5ccc(N(c6ccccc6)c6ccc7oc8ccccc8c7c6)cc5c4cc3o2)cc1. The maximum atomic E-state index is 6.24. The molecule has 0 saturated heterocycles. The van der Waals surface area contributed by atoms with Crippen molar-refractivity contribution in [2.24, 2.45) is 0 Å². The van der Waals surface area contributed by atoms with Crippen molar-refractivity contribution in [2.75, 3.05) is 4.90 Å². The Morgan fingerprint density at radius 1 is 0.476 bits per heavy atom. The van der Waals surface area contributed by atoms with Crippen LogP contribution in [-0.2, 0) is 0 Å². The topological polar surface area (TPSA) is 42.4 Å². The van der Waals surface area contributed by atoms with Gasteiger partial charge in [0.1, 0.15) is 16.7 Å². The van der Waals surface area contributed by atoms with Gasteiger partial charge in [-0.3, -0.25) is 0 Å². The molecule has 42 heavy (non-hydrogen) atoms. The number of aromatic nitrogens is 1. The van der Waals surface area contributed by atoms with E-state index in [1.165, 1.54) is 20.2 Å². The second-order valence-electron chi connectivity index (χ2n) is 10.4. The summed E-state index contributed by atoms with van der Waals surface area (Å²) in [7, 11) is 0. The zero-order valence-corrected chi connectivity index (χ0v) is 23.1. The molecule has 0 amide bonds. The first-order chi connectivity index (χ1) is 20.8. The smallest absolute Gasteiger partial charge is 0.227 e. The molecule has 5 heteroatoms. The van der Waals surface area contributed by atoms with Gasteiger partial charge >= 0.3 is 0 Å². The predicted molar refractivity (Wildman–Crippen MR) is 174 cm³/mol. The van der Waals surface area contributed by atoms with E-state index >= 15 is 0 Å². The zero-order valence-electron chi connectivity index (χ0n) is 22.3. The minimum absolute atomic E-state index is 0.644. The third kappa shape index (κ3) is 3.64. The van der Waals surface area contributed by atoms with Crippen molar-refractivity contribution < 1.29 is 8.83 Å². The molecule has 0 aliphatic carbocycles. The van der Waals surface area contributed by atoms with E-state index in [0.717, 1.165) is 55.7 Å². The Bertz CT molecular complexity index is 2420. The fourth-order valence-corrected chi connectivity index (χ4v) is 7.01. The fourth-order valence-electron chi connectivity index (χ4n) is 5.91. The lowest BCUT2D eigenvalue weighted by atomic mass is 10.1. The maximum absolute atomic E-state index is 6.24. The van der Waals surface area contributed by atoms with E-state index in [2.05, 4.69) is 95.9 Å². The van der Waals surface area contributed by atoms with Crippen molar-refractivity contribution in [1.82, 2.24) is 4.98 Å². The van der Waals surface area contributed by atoms with E-state index < -0.39 is 0 Å². The summed E-state index contributed by atoms with van der Waals surface area (Å²) in [5.74, 6) is 0.644. The molecule has 9 aromatic rings. The second-order valence-corrected chi connectivity index (χ2v) is 11.5. The Kier molecular flexibility index (Phi) is 5.03. The molecule has 9 rings (SSSR count). The molecule has 0 atom stereocenters. The van der Waals surface area contributed by atoms with Crippen LogP contribution in [0.1, 0.15) is 0 Å². The Morgan fingerprint density at radius 2 is 1.17 bits per heavy atom. The van der Waals surface area contributed by atoms with Gasteiger partial charge in [0.15, 0.2) is 5.58 Å². The van der Waals surface area contributed by atoms with Gasteiger partial charge in [0, 0.05) is 53.6 Å². The van der Waals surface area contributed by atoms with Crippen LogP contribution in [0.5, 0.6) is 0 Å². The Labute approximate surface area is 244 Å². The number of thiophene rings is 1. The molecule has 0 aliphatic heterocycles. The first-order valence-electron chi connectivity index (χ1n) is 13.9. The van der Waals surface area contributed by atoms with Crippen LogP contribution < -0.4 is 4.90 Å².